The largest absolute Gasteiger partial charge is 0.467 e. The minimum Gasteiger partial charge on any atom is -0.467 e. The van der Waals surface area contributed by atoms with Crippen molar-refractivity contribution in [2.75, 3.05) is 11.4 Å². The van der Waals surface area contributed by atoms with E-state index in [0.717, 1.165) is 30.2 Å². The molecule has 1 aliphatic rings. The summed E-state index contributed by atoms with van der Waals surface area (Å²) in [4.78, 5) is 6.77. The first-order chi connectivity index (χ1) is 10.3. The molecular formula is C15H13N5O. The molecule has 0 bridgehead atoms. The number of hydrogen-bond donors (Lipinski definition) is 0. The SMILES string of the molecule is Cc1nc2cc(C#N)nn2c2c1CCN2Cc1ccco1. The minimum absolute atomic E-state index is 0.389. The molecule has 3 aromatic heterocycles. The number of rotatable bonds is 2. The van der Waals surface area contributed by atoms with Crippen molar-refractivity contribution in [1.82, 2.24) is 14.6 Å². The molecule has 3 aromatic rings. The summed E-state index contributed by atoms with van der Waals surface area (Å²) in [6, 6.07) is 7.65. The lowest BCUT2D eigenvalue weighted by atomic mass is 10.2. The van der Waals surface area contributed by atoms with Gasteiger partial charge >= 0.3 is 0 Å². The zero-order chi connectivity index (χ0) is 14.4. The lowest BCUT2D eigenvalue weighted by Crippen LogP contribution is -2.21. The molecule has 0 fully saturated rings. The molecule has 0 aromatic carbocycles. The first kappa shape index (κ1) is 12.0. The normalized spacial score (nSPS) is 13.6. The molecule has 0 spiro atoms. The molecule has 0 saturated carbocycles. The first-order valence-electron chi connectivity index (χ1n) is 6.83. The second-order valence-corrected chi connectivity index (χ2v) is 5.16. The molecule has 0 amide bonds. The van der Waals surface area contributed by atoms with E-state index in [-0.39, 0.29) is 0 Å². The maximum atomic E-state index is 9.05. The molecular weight excluding hydrogens is 266 g/mol. The lowest BCUT2D eigenvalue weighted by molar-refractivity contribution is 0.503. The summed E-state index contributed by atoms with van der Waals surface area (Å²) in [6.45, 7) is 3.61. The monoisotopic (exact) mass is 279 g/mol. The van der Waals surface area contributed by atoms with Gasteiger partial charge in [-0.2, -0.15) is 14.9 Å². The smallest absolute Gasteiger partial charge is 0.165 e. The molecule has 1 aliphatic heterocycles. The molecule has 4 heterocycles. The van der Waals surface area contributed by atoms with E-state index in [9.17, 15) is 0 Å². The third-order valence-electron chi connectivity index (χ3n) is 3.85. The number of hydrogen-bond acceptors (Lipinski definition) is 5. The maximum Gasteiger partial charge on any atom is 0.165 e. The molecule has 0 unspecified atom stereocenters. The number of fused-ring (bicyclic) bond motifs is 3. The fourth-order valence-corrected chi connectivity index (χ4v) is 2.91. The van der Waals surface area contributed by atoms with Crippen molar-refractivity contribution in [2.45, 2.75) is 19.9 Å². The van der Waals surface area contributed by atoms with Crippen LogP contribution in [0, 0.1) is 18.3 Å². The summed E-state index contributed by atoms with van der Waals surface area (Å²) in [5.74, 6) is 1.94. The number of aromatic nitrogens is 3. The van der Waals surface area contributed by atoms with Gasteiger partial charge in [-0.05, 0) is 25.5 Å². The van der Waals surface area contributed by atoms with Gasteiger partial charge in [0.05, 0.1) is 12.8 Å². The van der Waals surface area contributed by atoms with Gasteiger partial charge in [0.25, 0.3) is 0 Å². The maximum absolute atomic E-state index is 9.05. The van der Waals surface area contributed by atoms with Gasteiger partial charge in [-0.3, -0.25) is 0 Å². The van der Waals surface area contributed by atoms with E-state index in [4.69, 9.17) is 9.68 Å². The Morgan fingerprint density at radius 2 is 2.38 bits per heavy atom. The van der Waals surface area contributed by atoms with Crippen molar-refractivity contribution in [3.63, 3.8) is 0 Å². The van der Waals surface area contributed by atoms with E-state index in [1.807, 2.05) is 19.1 Å². The van der Waals surface area contributed by atoms with Crippen LogP contribution in [0.1, 0.15) is 22.7 Å². The Balaban J connectivity index is 1.87. The zero-order valence-corrected chi connectivity index (χ0v) is 11.6. The van der Waals surface area contributed by atoms with Crippen molar-refractivity contribution in [3.8, 4) is 6.07 Å². The highest BCUT2D eigenvalue weighted by atomic mass is 16.3. The van der Waals surface area contributed by atoms with Crippen molar-refractivity contribution >= 4 is 11.5 Å². The lowest BCUT2D eigenvalue weighted by Gasteiger charge is -2.18. The van der Waals surface area contributed by atoms with Crippen molar-refractivity contribution in [1.29, 1.82) is 5.26 Å². The average Bonchev–Trinajstić information content (AvgIpc) is 3.18. The number of nitriles is 1. The predicted molar refractivity (Wildman–Crippen MR) is 75.9 cm³/mol. The van der Waals surface area contributed by atoms with Gasteiger partial charge in [0, 0.05) is 23.9 Å². The molecule has 0 radical (unpaired) electrons. The summed E-state index contributed by atoms with van der Waals surface area (Å²) in [5.41, 5.74) is 3.31. The third-order valence-corrected chi connectivity index (χ3v) is 3.85. The summed E-state index contributed by atoms with van der Waals surface area (Å²) in [6.07, 6.45) is 2.62. The highest BCUT2D eigenvalue weighted by Crippen LogP contribution is 2.31. The standard InChI is InChI=1S/C15H13N5O/c1-10-13-4-5-19(9-12-3-2-6-21-12)15(13)20-14(17-10)7-11(8-16)18-20/h2-3,6-7H,4-5,9H2,1H3. The Bertz CT molecular complexity index is 856. The minimum atomic E-state index is 0.389. The molecule has 0 atom stereocenters. The second-order valence-electron chi connectivity index (χ2n) is 5.16. The fourth-order valence-electron chi connectivity index (χ4n) is 2.91. The molecule has 0 saturated heterocycles. The zero-order valence-electron chi connectivity index (χ0n) is 11.6. The summed E-state index contributed by atoms with van der Waals surface area (Å²) in [5, 5.41) is 13.4. The Morgan fingerprint density at radius 1 is 1.48 bits per heavy atom. The van der Waals surface area contributed by atoms with Crippen molar-refractivity contribution < 1.29 is 4.42 Å². The molecule has 104 valence electrons. The number of anilines is 1. The van der Waals surface area contributed by atoms with Gasteiger partial charge in [-0.25, -0.2) is 4.98 Å². The molecule has 0 aliphatic carbocycles. The Hall–Kier alpha value is -2.81. The van der Waals surface area contributed by atoms with E-state index < -0.39 is 0 Å². The van der Waals surface area contributed by atoms with Crippen LogP contribution in [-0.2, 0) is 13.0 Å². The van der Waals surface area contributed by atoms with Crippen LogP contribution in [0.2, 0.25) is 0 Å². The van der Waals surface area contributed by atoms with E-state index in [2.05, 4.69) is 21.1 Å². The topological polar surface area (TPSA) is 70.4 Å². The van der Waals surface area contributed by atoms with Crippen LogP contribution in [0.4, 0.5) is 5.82 Å². The van der Waals surface area contributed by atoms with Crippen LogP contribution in [0.3, 0.4) is 0 Å². The van der Waals surface area contributed by atoms with Crippen LogP contribution < -0.4 is 4.90 Å². The summed E-state index contributed by atoms with van der Waals surface area (Å²) >= 11 is 0. The van der Waals surface area contributed by atoms with Crippen LogP contribution in [0.25, 0.3) is 5.65 Å². The van der Waals surface area contributed by atoms with Gasteiger partial charge < -0.3 is 9.32 Å². The average molecular weight is 279 g/mol. The Kier molecular flexibility index (Phi) is 2.48. The summed E-state index contributed by atoms with van der Waals surface area (Å²) < 4.78 is 7.21. The quantitative estimate of drug-likeness (QED) is 0.718. The van der Waals surface area contributed by atoms with Gasteiger partial charge in [0.1, 0.15) is 17.6 Å². The highest BCUT2D eigenvalue weighted by molar-refractivity contribution is 5.61. The van der Waals surface area contributed by atoms with Crippen LogP contribution in [0.5, 0.6) is 0 Å². The van der Waals surface area contributed by atoms with Crippen molar-refractivity contribution in [2.24, 2.45) is 0 Å². The third kappa shape index (κ3) is 1.78. The van der Waals surface area contributed by atoms with Gasteiger partial charge in [0.2, 0.25) is 0 Å². The molecule has 6 nitrogen and oxygen atoms in total. The summed E-state index contributed by atoms with van der Waals surface area (Å²) in [7, 11) is 0. The van der Waals surface area contributed by atoms with Crippen LogP contribution in [-0.4, -0.2) is 21.1 Å². The van der Waals surface area contributed by atoms with Gasteiger partial charge in [0.15, 0.2) is 11.3 Å². The van der Waals surface area contributed by atoms with Gasteiger partial charge in [-0.1, -0.05) is 0 Å². The number of nitrogens with zero attached hydrogens (tertiary/aromatic N) is 5. The van der Waals surface area contributed by atoms with E-state index in [0.29, 0.717) is 17.9 Å². The Labute approximate surface area is 121 Å². The highest BCUT2D eigenvalue weighted by Gasteiger charge is 2.26. The predicted octanol–water partition coefficient (Wildman–Crippen LogP) is 2.07. The molecule has 0 N–H and O–H groups in total. The first-order valence-corrected chi connectivity index (χ1v) is 6.83. The fraction of sp³-hybridized carbons (Fsp3) is 0.267. The molecule has 21 heavy (non-hydrogen) atoms. The number of furan rings is 1. The van der Waals surface area contributed by atoms with Crippen molar-refractivity contribution in [3.05, 3.63) is 47.2 Å². The van der Waals surface area contributed by atoms with Crippen LogP contribution in [0.15, 0.2) is 28.9 Å². The molecule has 6 heteroatoms. The Morgan fingerprint density at radius 3 is 3.14 bits per heavy atom. The van der Waals surface area contributed by atoms with Crippen LogP contribution >= 0.6 is 0 Å². The van der Waals surface area contributed by atoms with E-state index in [1.165, 1.54) is 5.56 Å². The van der Waals surface area contributed by atoms with E-state index in [1.54, 1.807) is 16.8 Å². The van der Waals surface area contributed by atoms with Gasteiger partial charge in [-0.15, -0.1) is 0 Å². The number of aryl methyl sites for hydroxylation is 1. The van der Waals surface area contributed by atoms with E-state index >= 15 is 0 Å². The second kappa shape index (κ2) is 4.35. The molecule has 4 rings (SSSR count).